The smallest absolute Gasteiger partial charge is 0.258 e. The third-order valence-corrected chi connectivity index (χ3v) is 3.00. The van der Waals surface area contributed by atoms with Crippen molar-refractivity contribution in [1.82, 2.24) is 20.2 Å². The van der Waals surface area contributed by atoms with Gasteiger partial charge in [0.25, 0.3) is 10.8 Å². The highest BCUT2D eigenvalue weighted by Gasteiger charge is 2.23. The van der Waals surface area contributed by atoms with Crippen LogP contribution in [0.15, 0.2) is 29.4 Å². The van der Waals surface area contributed by atoms with Gasteiger partial charge in [-0.25, -0.2) is 8.42 Å². The molecule has 0 radical (unpaired) electrons. The van der Waals surface area contributed by atoms with Gasteiger partial charge >= 0.3 is 0 Å². The maximum atomic E-state index is 11.4. The quantitative estimate of drug-likeness (QED) is 0.566. The fourth-order valence-corrected chi connectivity index (χ4v) is 1.99. The number of nitrogens with zero attached hydrogens (tertiary/aromatic N) is 5. The number of nitro groups is 1. The van der Waals surface area contributed by atoms with E-state index in [4.69, 9.17) is 0 Å². The van der Waals surface area contributed by atoms with Crippen LogP contribution < -0.4 is 0 Å². The van der Waals surface area contributed by atoms with Gasteiger partial charge in [-0.1, -0.05) is 17.2 Å². The molecular formula is C8H7N5O4S. The number of para-hydroxylation sites is 2. The first-order valence-electron chi connectivity index (χ1n) is 4.63. The van der Waals surface area contributed by atoms with Crippen LogP contribution in [-0.2, 0) is 9.84 Å². The van der Waals surface area contributed by atoms with Gasteiger partial charge in [-0.2, -0.15) is 4.68 Å². The van der Waals surface area contributed by atoms with Gasteiger partial charge in [0.2, 0.25) is 9.84 Å². The van der Waals surface area contributed by atoms with Crippen LogP contribution >= 0.6 is 0 Å². The molecule has 1 heterocycles. The molecule has 2 rings (SSSR count). The molecule has 1 aromatic heterocycles. The highest BCUT2D eigenvalue weighted by molar-refractivity contribution is 7.90. The predicted molar refractivity (Wildman–Crippen MR) is 58.9 cm³/mol. The Balaban J connectivity index is 2.71. The summed E-state index contributed by atoms with van der Waals surface area (Å²) in [4.78, 5) is 10.2. The number of benzene rings is 1. The first-order chi connectivity index (χ1) is 8.41. The van der Waals surface area contributed by atoms with Gasteiger partial charge in [0.05, 0.1) is 4.92 Å². The normalized spacial score (nSPS) is 11.4. The minimum atomic E-state index is -3.68. The Hall–Kier alpha value is -2.36. The van der Waals surface area contributed by atoms with Crippen LogP contribution in [0.5, 0.6) is 0 Å². The van der Waals surface area contributed by atoms with Crippen LogP contribution in [-0.4, -0.2) is 39.8 Å². The van der Waals surface area contributed by atoms with Crippen molar-refractivity contribution in [3.05, 3.63) is 34.4 Å². The molecule has 2 aromatic rings. The largest absolute Gasteiger partial charge is 0.295 e. The molecule has 0 fully saturated rings. The number of aromatic nitrogens is 4. The van der Waals surface area contributed by atoms with E-state index in [-0.39, 0.29) is 11.4 Å². The van der Waals surface area contributed by atoms with Gasteiger partial charge in [-0.3, -0.25) is 10.1 Å². The zero-order chi connectivity index (χ0) is 13.3. The average Bonchev–Trinajstić information content (AvgIpc) is 2.77. The molecule has 0 saturated heterocycles. The van der Waals surface area contributed by atoms with E-state index >= 15 is 0 Å². The summed E-state index contributed by atoms with van der Waals surface area (Å²) in [6.07, 6.45) is 0.921. The summed E-state index contributed by atoms with van der Waals surface area (Å²) in [6.45, 7) is 0. The summed E-state index contributed by atoms with van der Waals surface area (Å²) in [5, 5.41) is 20.5. The Morgan fingerprint density at radius 2 is 2.00 bits per heavy atom. The molecule has 0 saturated carbocycles. The lowest BCUT2D eigenvalue weighted by atomic mass is 10.3. The van der Waals surface area contributed by atoms with E-state index in [0.717, 1.165) is 10.9 Å². The highest BCUT2D eigenvalue weighted by atomic mass is 32.2. The van der Waals surface area contributed by atoms with Gasteiger partial charge in [-0.15, -0.1) is 0 Å². The molecule has 9 nitrogen and oxygen atoms in total. The minimum absolute atomic E-state index is 0.00655. The minimum Gasteiger partial charge on any atom is -0.258 e. The Bertz CT molecular complexity index is 708. The molecule has 0 bridgehead atoms. The number of nitro benzene ring substituents is 1. The van der Waals surface area contributed by atoms with Gasteiger partial charge in [0.15, 0.2) is 0 Å². The van der Waals surface area contributed by atoms with E-state index in [0.29, 0.717) is 0 Å². The van der Waals surface area contributed by atoms with Gasteiger partial charge in [-0.05, 0) is 16.5 Å². The molecule has 0 aliphatic carbocycles. The zero-order valence-electron chi connectivity index (χ0n) is 9.09. The molecule has 0 spiro atoms. The number of tetrazole rings is 1. The van der Waals surface area contributed by atoms with E-state index in [9.17, 15) is 18.5 Å². The van der Waals surface area contributed by atoms with Crippen molar-refractivity contribution in [2.24, 2.45) is 0 Å². The van der Waals surface area contributed by atoms with E-state index in [1.54, 1.807) is 0 Å². The molecule has 0 atom stereocenters. The third-order valence-electron chi connectivity index (χ3n) is 2.08. The van der Waals surface area contributed by atoms with Crippen LogP contribution in [0.25, 0.3) is 5.69 Å². The molecule has 0 aliphatic heterocycles. The average molecular weight is 269 g/mol. The fraction of sp³-hybridized carbons (Fsp3) is 0.125. The number of hydrogen-bond donors (Lipinski definition) is 0. The fourth-order valence-electron chi connectivity index (χ4n) is 1.36. The number of hydrogen-bond acceptors (Lipinski definition) is 7. The summed E-state index contributed by atoms with van der Waals surface area (Å²) in [5.41, 5.74) is -0.289. The summed E-state index contributed by atoms with van der Waals surface area (Å²) < 4.78 is 23.7. The molecule has 0 amide bonds. The van der Waals surface area contributed by atoms with Crippen LogP contribution in [0.1, 0.15) is 0 Å². The first-order valence-corrected chi connectivity index (χ1v) is 6.52. The van der Waals surface area contributed by atoms with Crippen LogP contribution in [0.2, 0.25) is 0 Å². The third kappa shape index (κ3) is 2.05. The van der Waals surface area contributed by atoms with E-state index in [1.807, 2.05) is 0 Å². The monoisotopic (exact) mass is 269 g/mol. The molecular weight excluding hydrogens is 262 g/mol. The van der Waals surface area contributed by atoms with E-state index in [2.05, 4.69) is 15.5 Å². The maximum Gasteiger partial charge on any atom is 0.295 e. The van der Waals surface area contributed by atoms with Gasteiger partial charge < -0.3 is 0 Å². The molecule has 18 heavy (non-hydrogen) atoms. The number of rotatable bonds is 3. The van der Waals surface area contributed by atoms with Crippen molar-refractivity contribution < 1.29 is 13.3 Å². The van der Waals surface area contributed by atoms with Crippen molar-refractivity contribution in [2.45, 2.75) is 5.16 Å². The molecule has 0 aliphatic rings. The molecule has 0 N–H and O–H groups in total. The van der Waals surface area contributed by atoms with Crippen molar-refractivity contribution in [1.29, 1.82) is 0 Å². The summed E-state index contributed by atoms with van der Waals surface area (Å²) in [6, 6.07) is 5.59. The lowest BCUT2D eigenvalue weighted by molar-refractivity contribution is -0.384. The lowest BCUT2D eigenvalue weighted by Crippen LogP contribution is -2.10. The summed E-state index contributed by atoms with van der Waals surface area (Å²) in [7, 11) is -3.68. The maximum absolute atomic E-state index is 11.4. The summed E-state index contributed by atoms with van der Waals surface area (Å²) in [5.74, 6) is 0. The van der Waals surface area contributed by atoms with E-state index in [1.165, 1.54) is 24.3 Å². The van der Waals surface area contributed by atoms with Crippen LogP contribution in [0.3, 0.4) is 0 Å². The molecule has 10 heteroatoms. The lowest BCUT2D eigenvalue weighted by Gasteiger charge is -2.03. The second-order valence-electron chi connectivity index (χ2n) is 3.39. The highest BCUT2D eigenvalue weighted by Crippen LogP contribution is 2.23. The van der Waals surface area contributed by atoms with Crippen molar-refractivity contribution >= 4 is 15.5 Å². The Kier molecular flexibility index (Phi) is 2.79. The Morgan fingerprint density at radius 1 is 1.33 bits per heavy atom. The second-order valence-corrected chi connectivity index (χ2v) is 5.30. The van der Waals surface area contributed by atoms with Crippen molar-refractivity contribution in [3.8, 4) is 5.69 Å². The number of sulfone groups is 1. The summed E-state index contributed by atoms with van der Waals surface area (Å²) >= 11 is 0. The van der Waals surface area contributed by atoms with Crippen LogP contribution in [0.4, 0.5) is 5.69 Å². The molecule has 1 aromatic carbocycles. The van der Waals surface area contributed by atoms with Crippen LogP contribution in [0, 0.1) is 10.1 Å². The standard InChI is InChI=1S/C8H7N5O4S/c1-18(16,17)8-9-10-11-12(8)6-4-2-3-5-7(6)13(14)15/h2-5H,1H3. The molecule has 94 valence electrons. The second kappa shape index (κ2) is 4.14. The SMILES string of the molecule is CS(=O)(=O)c1nnnn1-c1ccccc1[N+](=O)[O-]. The molecule has 0 unspecified atom stereocenters. The van der Waals surface area contributed by atoms with Crippen molar-refractivity contribution in [2.75, 3.05) is 6.26 Å². The van der Waals surface area contributed by atoms with Gasteiger partial charge in [0.1, 0.15) is 5.69 Å². The Morgan fingerprint density at radius 3 is 2.61 bits per heavy atom. The topological polar surface area (TPSA) is 121 Å². The van der Waals surface area contributed by atoms with E-state index < -0.39 is 19.9 Å². The first kappa shape index (κ1) is 12.1. The van der Waals surface area contributed by atoms with Gasteiger partial charge in [0, 0.05) is 12.3 Å². The Labute approximate surface area is 101 Å². The van der Waals surface area contributed by atoms with Crippen molar-refractivity contribution in [3.63, 3.8) is 0 Å². The predicted octanol–water partition coefficient (Wildman–Crippen LogP) is -0.0260. The zero-order valence-corrected chi connectivity index (χ0v) is 9.90.